The highest BCUT2D eigenvalue weighted by atomic mass is 35.5. The van der Waals surface area contributed by atoms with Crippen LogP contribution in [0.2, 0.25) is 10.0 Å². The summed E-state index contributed by atoms with van der Waals surface area (Å²) < 4.78 is 0. The predicted octanol–water partition coefficient (Wildman–Crippen LogP) is 5.05. The maximum Gasteiger partial charge on any atom is 0.0461 e. The van der Waals surface area contributed by atoms with Gasteiger partial charge in [-0.15, -0.1) is 11.8 Å². The Morgan fingerprint density at radius 3 is 1.77 bits per heavy atom. The SMILES string of the molecule is CC.CSc1cc(Cl)c(C)c(Cl)c1. The van der Waals surface area contributed by atoms with Crippen molar-refractivity contribution < 1.29 is 0 Å². The van der Waals surface area contributed by atoms with E-state index in [2.05, 4.69) is 0 Å². The van der Waals surface area contributed by atoms with Crippen LogP contribution >= 0.6 is 35.0 Å². The molecule has 0 aliphatic heterocycles. The van der Waals surface area contributed by atoms with E-state index in [0.717, 1.165) is 20.5 Å². The lowest BCUT2D eigenvalue weighted by Gasteiger charge is -2.03. The van der Waals surface area contributed by atoms with Crippen LogP contribution in [0.5, 0.6) is 0 Å². The van der Waals surface area contributed by atoms with Crippen LogP contribution in [-0.4, -0.2) is 6.26 Å². The third-order valence-corrected chi connectivity index (χ3v) is 2.98. The summed E-state index contributed by atoms with van der Waals surface area (Å²) in [7, 11) is 0. The molecule has 13 heavy (non-hydrogen) atoms. The molecule has 0 fully saturated rings. The minimum Gasteiger partial charge on any atom is -0.129 e. The summed E-state index contributed by atoms with van der Waals surface area (Å²) in [4.78, 5) is 1.10. The van der Waals surface area contributed by atoms with Gasteiger partial charge in [0, 0.05) is 14.9 Å². The second-order valence-electron chi connectivity index (χ2n) is 2.22. The zero-order chi connectivity index (χ0) is 10.4. The molecule has 3 heteroatoms. The number of hydrogen-bond donors (Lipinski definition) is 0. The molecule has 0 aliphatic rings. The second kappa shape index (κ2) is 6.58. The molecule has 74 valence electrons. The first-order chi connectivity index (χ1) is 6.15. The number of rotatable bonds is 1. The zero-order valence-electron chi connectivity index (χ0n) is 8.32. The van der Waals surface area contributed by atoms with Crippen molar-refractivity contribution in [1.29, 1.82) is 0 Å². The number of benzene rings is 1. The molecule has 0 radical (unpaired) electrons. The van der Waals surface area contributed by atoms with Crippen LogP contribution < -0.4 is 0 Å². The summed E-state index contributed by atoms with van der Waals surface area (Å²) in [6.07, 6.45) is 2.00. The van der Waals surface area contributed by atoms with Crippen LogP contribution in [0.3, 0.4) is 0 Å². The lowest BCUT2D eigenvalue weighted by atomic mass is 10.2. The van der Waals surface area contributed by atoms with Crippen LogP contribution in [0, 0.1) is 6.92 Å². The number of hydrogen-bond acceptors (Lipinski definition) is 1. The first-order valence-corrected chi connectivity index (χ1v) is 6.13. The van der Waals surface area contributed by atoms with Crippen molar-refractivity contribution in [2.45, 2.75) is 25.7 Å². The third kappa shape index (κ3) is 3.80. The minimum atomic E-state index is 0.738. The summed E-state index contributed by atoms with van der Waals surface area (Å²) in [6, 6.07) is 3.85. The average molecular weight is 237 g/mol. The highest BCUT2D eigenvalue weighted by Crippen LogP contribution is 2.29. The molecule has 0 amide bonds. The molecule has 0 heterocycles. The van der Waals surface area contributed by atoms with Gasteiger partial charge in [0.25, 0.3) is 0 Å². The Morgan fingerprint density at radius 1 is 1.08 bits per heavy atom. The summed E-state index contributed by atoms with van der Waals surface area (Å²) in [5.74, 6) is 0. The highest BCUT2D eigenvalue weighted by Gasteiger charge is 2.02. The smallest absolute Gasteiger partial charge is 0.0461 e. The first kappa shape index (κ1) is 13.2. The molecule has 0 N–H and O–H groups in total. The van der Waals surface area contributed by atoms with Gasteiger partial charge in [-0.3, -0.25) is 0 Å². The molecule has 0 saturated carbocycles. The molecule has 0 nitrogen and oxygen atoms in total. The van der Waals surface area contributed by atoms with Crippen molar-refractivity contribution in [2.75, 3.05) is 6.26 Å². The lowest BCUT2D eigenvalue weighted by Crippen LogP contribution is -1.78. The van der Waals surface area contributed by atoms with Crippen molar-refractivity contribution in [2.24, 2.45) is 0 Å². The molecule has 0 bridgehead atoms. The van der Waals surface area contributed by atoms with Crippen molar-refractivity contribution in [3.8, 4) is 0 Å². The molecule has 0 unspecified atom stereocenters. The number of halogens is 2. The van der Waals surface area contributed by atoms with E-state index in [-0.39, 0.29) is 0 Å². The van der Waals surface area contributed by atoms with Gasteiger partial charge in [0.2, 0.25) is 0 Å². The van der Waals surface area contributed by atoms with Gasteiger partial charge in [0.05, 0.1) is 0 Å². The topological polar surface area (TPSA) is 0 Å². The van der Waals surface area contributed by atoms with Gasteiger partial charge in [-0.2, -0.15) is 0 Å². The average Bonchev–Trinajstić information content (AvgIpc) is 2.16. The molecule has 0 aromatic heterocycles. The summed E-state index contributed by atoms with van der Waals surface area (Å²) >= 11 is 13.4. The molecule has 1 rings (SSSR count). The molecular formula is C10H14Cl2S. The third-order valence-electron chi connectivity index (χ3n) is 1.49. The van der Waals surface area contributed by atoms with E-state index >= 15 is 0 Å². The Balaban J connectivity index is 0.000000671. The lowest BCUT2D eigenvalue weighted by molar-refractivity contribution is 1.38. The highest BCUT2D eigenvalue weighted by molar-refractivity contribution is 7.98. The Labute approximate surface area is 94.6 Å². The monoisotopic (exact) mass is 236 g/mol. The normalized spacial score (nSPS) is 9.08. The Morgan fingerprint density at radius 2 is 1.46 bits per heavy atom. The molecule has 0 saturated heterocycles. The van der Waals surface area contributed by atoms with E-state index < -0.39 is 0 Å². The fourth-order valence-corrected chi connectivity index (χ4v) is 1.83. The predicted molar refractivity (Wildman–Crippen MR) is 64.3 cm³/mol. The van der Waals surface area contributed by atoms with Crippen LogP contribution in [0.1, 0.15) is 19.4 Å². The second-order valence-corrected chi connectivity index (χ2v) is 3.91. The van der Waals surface area contributed by atoms with Crippen LogP contribution in [0.15, 0.2) is 17.0 Å². The van der Waals surface area contributed by atoms with E-state index in [1.807, 2.05) is 39.2 Å². The largest absolute Gasteiger partial charge is 0.129 e. The summed E-state index contributed by atoms with van der Waals surface area (Å²) in [5.41, 5.74) is 0.950. The first-order valence-electron chi connectivity index (χ1n) is 4.15. The summed E-state index contributed by atoms with van der Waals surface area (Å²) in [5, 5.41) is 1.48. The maximum atomic E-state index is 5.90. The van der Waals surface area contributed by atoms with Crippen LogP contribution in [0.25, 0.3) is 0 Å². The van der Waals surface area contributed by atoms with E-state index in [1.54, 1.807) is 11.8 Å². The van der Waals surface area contributed by atoms with Gasteiger partial charge in [-0.25, -0.2) is 0 Å². The molecule has 0 atom stereocenters. The molecule has 0 aliphatic carbocycles. The van der Waals surface area contributed by atoms with Gasteiger partial charge in [-0.1, -0.05) is 37.0 Å². The molecule has 1 aromatic rings. The van der Waals surface area contributed by atoms with E-state index in [4.69, 9.17) is 23.2 Å². The summed E-state index contributed by atoms with van der Waals surface area (Å²) in [6.45, 7) is 5.91. The van der Waals surface area contributed by atoms with Crippen molar-refractivity contribution in [1.82, 2.24) is 0 Å². The Bertz CT molecular complexity index is 249. The fraction of sp³-hybridized carbons (Fsp3) is 0.400. The zero-order valence-corrected chi connectivity index (χ0v) is 10.6. The molecular weight excluding hydrogens is 223 g/mol. The maximum absolute atomic E-state index is 5.90. The van der Waals surface area contributed by atoms with Crippen LogP contribution in [0.4, 0.5) is 0 Å². The van der Waals surface area contributed by atoms with Crippen molar-refractivity contribution >= 4 is 35.0 Å². The number of thioether (sulfide) groups is 1. The van der Waals surface area contributed by atoms with Gasteiger partial charge < -0.3 is 0 Å². The van der Waals surface area contributed by atoms with E-state index in [9.17, 15) is 0 Å². The van der Waals surface area contributed by atoms with Crippen molar-refractivity contribution in [3.63, 3.8) is 0 Å². The van der Waals surface area contributed by atoms with Gasteiger partial charge in [0.15, 0.2) is 0 Å². The van der Waals surface area contributed by atoms with Crippen LogP contribution in [-0.2, 0) is 0 Å². The van der Waals surface area contributed by atoms with Crippen molar-refractivity contribution in [3.05, 3.63) is 27.7 Å². The quantitative estimate of drug-likeness (QED) is 0.616. The molecule has 0 spiro atoms. The Kier molecular flexibility index (Phi) is 6.66. The standard InChI is InChI=1S/C8H8Cl2S.C2H6/c1-5-7(9)3-6(11-2)4-8(5)10;1-2/h3-4H,1-2H3;1-2H3. The molecule has 1 aromatic carbocycles. The van der Waals surface area contributed by atoms with Gasteiger partial charge >= 0.3 is 0 Å². The Hall–Kier alpha value is 0.150. The van der Waals surface area contributed by atoms with E-state index in [1.165, 1.54) is 0 Å². The van der Waals surface area contributed by atoms with Gasteiger partial charge in [0.1, 0.15) is 0 Å². The minimum absolute atomic E-state index is 0.738. The fourth-order valence-electron chi connectivity index (χ4n) is 0.740. The van der Waals surface area contributed by atoms with Gasteiger partial charge in [-0.05, 0) is 30.9 Å². The van der Waals surface area contributed by atoms with E-state index in [0.29, 0.717) is 0 Å².